The number of nitro groups is 1. The number of likely N-dealkylation sites (tertiary alicyclic amines) is 1. The average Bonchev–Trinajstić information content (AvgIpc) is 3.22. The van der Waals surface area contributed by atoms with E-state index in [0.717, 1.165) is 25.7 Å². The number of ether oxygens (including phenoxy) is 1. The molecule has 0 unspecified atom stereocenters. The standard InChI is InChI=1S/C20H22N2O6/c1-2-15-5-3-4-12-21(15)19(23)13-27-20(24)18-11-10-17(28-18)14-6-8-16(9-7-14)22(25)26/h6-11,15H,2-5,12-13H2,1H3/t15-/m1/s1. The lowest BCUT2D eigenvalue weighted by Crippen LogP contribution is -2.45. The molecule has 28 heavy (non-hydrogen) atoms. The Balaban J connectivity index is 1.59. The molecule has 0 radical (unpaired) electrons. The van der Waals surface area contributed by atoms with Crippen LogP contribution in [-0.4, -0.2) is 40.9 Å². The van der Waals surface area contributed by atoms with Crippen molar-refractivity contribution < 1.29 is 23.7 Å². The van der Waals surface area contributed by atoms with E-state index in [2.05, 4.69) is 0 Å². The molecule has 2 heterocycles. The van der Waals surface area contributed by atoms with Gasteiger partial charge in [-0.1, -0.05) is 6.92 Å². The number of esters is 1. The number of carbonyl (C=O) groups excluding carboxylic acids is 2. The van der Waals surface area contributed by atoms with Gasteiger partial charge < -0.3 is 14.1 Å². The van der Waals surface area contributed by atoms with Crippen molar-refractivity contribution in [1.82, 2.24) is 4.90 Å². The highest BCUT2D eigenvalue weighted by atomic mass is 16.6. The second kappa shape index (κ2) is 8.69. The van der Waals surface area contributed by atoms with E-state index < -0.39 is 10.9 Å². The van der Waals surface area contributed by atoms with Crippen LogP contribution >= 0.6 is 0 Å². The van der Waals surface area contributed by atoms with Gasteiger partial charge in [-0.05, 0) is 49.9 Å². The Morgan fingerprint density at radius 2 is 1.96 bits per heavy atom. The van der Waals surface area contributed by atoms with Crippen LogP contribution in [0, 0.1) is 10.1 Å². The SMILES string of the molecule is CC[C@@H]1CCCCN1C(=O)COC(=O)c1ccc(-c2ccc([N+](=O)[O-])cc2)o1. The maximum Gasteiger partial charge on any atom is 0.374 e. The topological polar surface area (TPSA) is 103 Å². The normalized spacial score (nSPS) is 16.6. The van der Waals surface area contributed by atoms with Crippen molar-refractivity contribution in [2.24, 2.45) is 0 Å². The van der Waals surface area contributed by atoms with E-state index >= 15 is 0 Å². The van der Waals surface area contributed by atoms with Crippen LogP contribution in [0.15, 0.2) is 40.8 Å². The van der Waals surface area contributed by atoms with Crippen LogP contribution in [0.3, 0.4) is 0 Å². The highest BCUT2D eigenvalue weighted by Crippen LogP contribution is 2.25. The van der Waals surface area contributed by atoms with E-state index in [-0.39, 0.29) is 30.0 Å². The molecule has 148 valence electrons. The minimum absolute atomic E-state index is 0.0214. The number of hydrogen-bond acceptors (Lipinski definition) is 6. The van der Waals surface area contributed by atoms with E-state index in [0.29, 0.717) is 17.9 Å². The zero-order chi connectivity index (χ0) is 20.1. The van der Waals surface area contributed by atoms with Crippen LogP contribution in [0.25, 0.3) is 11.3 Å². The number of rotatable bonds is 6. The first-order chi connectivity index (χ1) is 13.5. The molecule has 2 aromatic rings. The van der Waals surface area contributed by atoms with Crippen molar-refractivity contribution in [1.29, 1.82) is 0 Å². The molecule has 1 saturated heterocycles. The number of furan rings is 1. The molecule has 0 spiro atoms. The summed E-state index contributed by atoms with van der Waals surface area (Å²) in [6, 6.07) is 9.04. The summed E-state index contributed by atoms with van der Waals surface area (Å²) >= 11 is 0. The smallest absolute Gasteiger partial charge is 0.374 e. The van der Waals surface area contributed by atoms with E-state index in [1.165, 1.54) is 30.3 Å². The summed E-state index contributed by atoms with van der Waals surface area (Å²) in [6.07, 6.45) is 3.94. The second-order valence-electron chi connectivity index (χ2n) is 6.69. The summed E-state index contributed by atoms with van der Waals surface area (Å²) in [5, 5.41) is 10.7. The summed E-state index contributed by atoms with van der Waals surface area (Å²) in [5.41, 5.74) is 0.566. The first-order valence-electron chi connectivity index (χ1n) is 9.31. The maximum atomic E-state index is 12.4. The van der Waals surface area contributed by atoms with Crippen LogP contribution in [0.1, 0.15) is 43.2 Å². The van der Waals surface area contributed by atoms with Gasteiger partial charge in [-0.15, -0.1) is 0 Å². The van der Waals surface area contributed by atoms with Gasteiger partial charge in [-0.25, -0.2) is 4.79 Å². The first-order valence-corrected chi connectivity index (χ1v) is 9.31. The minimum atomic E-state index is -0.716. The number of non-ortho nitro benzene ring substituents is 1. The highest BCUT2D eigenvalue weighted by Gasteiger charge is 2.26. The lowest BCUT2D eigenvalue weighted by molar-refractivity contribution is -0.384. The third-order valence-corrected chi connectivity index (χ3v) is 4.92. The monoisotopic (exact) mass is 386 g/mol. The second-order valence-corrected chi connectivity index (χ2v) is 6.69. The molecule has 1 amide bonds. The summed E-state index contributed by atoms with van der Waals surface area (Å²) in [4.78, 5) is 36.6. The molecule has 8 heteroatoms. The van der Waals surface area contributed by atoms with Crippen molar-refractivity contribution in [3.63, 3.8) is 0 Å². The Bertz CT molecular complexity index is 858. The fourth-order valence-corrected chi connectivity index (χ4v) is 3.38. The number of nitro benzene ring substituents is 1. The molecule has 1 aliphatic heterocycles. The zero-order valence-electron chi connectivity index (χ0n) is 15.6. The number of carbonyl (C=O) groups is 2. The Kier molecular flexibility index (Phi) is 6.08. The van der Waals surface area contributed by atoms with Gasteiger partial charge >= 0.3 is 5.97 Å². The molecule has 0 N–H and O–H groups in total. The molecule has 1 fully saturated rings. The Labute approximate surface area is 162 Å². The van der Waals surface area contributed by atoms with Gasteiger partial charge in [0, 0.05) is 30.3 Å². The molecule has 0 saturated carbocycles. The number of hydrogen-bond donors (Lipinski definition) is 0. The number of benzene rings is 1. The molecule has 1 atom stereocenters. The van der Waals surface area contributed by atoms with Crippen molar-refractivity contribution in [3.8, 4) is 11.3 Å². The maximum absolute atomic E-state index is 12.4. The molecule has 3 rings (SSSR count). The molecule has 8 nitrogen and oxygen atoms in total. The fraction of sp³-hybridized carbons (Fsp3) is 0.400. The van der Waals surface area contributed by atoms with Gasteiger partial charge in [0.05, 0.1) is 4.92 Å². The van der Waals surface area contributed by atoms with Gasteiger partial charge in [0.25, 0.3) is 11.6 Å². The molecule has 0 aliphatic carbocycles. The van der Waals surface area contributed by atoms with Gasteiger partial charge in [-0.3, -0.25) is 14.9 Å². The first kappa shape index (κ1) is 19.6. The molecular weight excluding hydrogens is 364 g/mol. The summed E-state index contributed by atoms with van der Waals surface area (Å²) in [6.45, 7) is 2.42. The summed E-state index contributed by atoms with van der Waals surface area (Å²) in [7, 11) is 0. The molecule has 0 bridgehead atoms. The zero-order valence-corrected chi connectivity index (χ0v) is 15.6. The van der Waals surface area contributed by atoms with Crippen LogP contribution in [0.4, 0.5) is 5.69 Å². The van der Waals surface area contributed by atoms with Crippen molar-refractivity contribution in [3.05, 3.63) is 52.3 Å². The Morgan fingerprint density at radius 3 is 2.64 bits per heavy atom. The van der Waals surface area contributed by atoms with Crippen LogP contribution in [-0.2, 0) is 9.53 Å². The van der Waals surface area contributed by atoms with E-state index in [1.807, 2.05) is 6.92 Å². The van der Waals surface area contributed by atoms with Crippen molar-refractivity contribution in [2.45, 2.75) is 38.6 Å². The van der Waals surface area contributed by atoms with Crippen LogP contribution < -0.4 is 0 Å². The largest absolute Gasteiger partial charge is 0.450 e. The highest BCUT2D eigenvalue weighted by molar-refractivity contribution is 5.89. The van der Waals surface area contributed by atoms with Gasteiger partial charge in [0.15, 0.2) is 6.61 Å². The molecule has 1 aliphatic rings. The Hall–Kier alpha value is -3.16. The Morgan fingerprint density at radius 1 is 1.21 bits per heavy atom. The molecule has 1 aromatic carbocycles. The number of piperidine rings is 1. The molecule has 1 aromatic heterocycles. The lowest BCUT2D eigenvalue weighted by atomic mass is 10.00. The van der Waals surface area contributed by atoms with Gasteiger partial charge in [0.2, 0.25) is 5.76 Å². The number of amides is 1. The average molecular weight is 386 g/mol. The lowest BCUT2D eigenvalue weighted by Gasteiger charge is -2.35. The third kappa shape index (κ3) is 4.39. The predicted octanol–water partition coefficient (Wildman–Crippen LogP) is 3.80. The van der Waals surface area contributed by atoms with Gasteiger partial charge in [0.1, 0.15) is 5.76 Å². The van der Waals surface area contributed by atoms with Gasteiger partial charge in [-0.2, -0.15) is 0 Å². The predicted molar refractivity (Wildman–Crippen MR) is 101 cm³/mol. The minimum Gasteiger partial charge on any atom is -0.450 e. The fourth-order valence-electron chi connectivity index (χ4n) is 3.38. The third-order valence-electron chi connectivity index (χ3n) is 4.92. The van der Waals surface area contributed by atoms with E-state index in [4.69, 9.17) is 9.15 Å². The van der Waals surface area contributed by atoms with E-state index in [9.17, 15) is 19.7 Å². The van der Waals surface area contributed by atoms with Crippen LogP contribution in [0.5, 0.6) is 0 Å². The van der Waals surface area contributed by atoms with Crippen LogP contribution in [0.2, 0.25) is 0 Å². The van der Waals surface area contributed by atoms with Crippen molar-refractivity contribution in [2.75, 3.05) is 13.2 Å². The summed E-state index contributed by atoms with van der Waals surface area (Å²) in [5.74, 6) is -0.546. The summed E-state index contributed by atoms with van der Waals surface area (Å²) < 4.78 is 10.6. The molecular formula is C20H22N2O6. The number of nitrogens with zero attached hydrogens (tertiary/aromatic N) is 2. The quantitative estimate of drug-likeness (QED) is 0.425. The van der Waals surface area contributed by atoms with Crippen molar-refractivity contribution >= 4 is 17.6 Å². The van der Waals surface area contributed by atoms with E-state index in [1.54, 1.807) is 11.0 Å².